The van der Waals surface area contributed by atoms with Gasteiger partial charge in [0.1, 0.15) is 0 Å². The average Bonchev–Trinajstić information content (AvgIpc) is 3.24. The molecule has 136 valence electrons. The van der Waals surface area contributed by atoms with Crippen LogP contribution in [0.5, 0.6) is 0 Å². The summed E-state index contributed by atoms with van der Waals surface area (Å²) < 4.78 is 0. The summed E-state index contributed by atoms with van der Waals surface area (Å²) in [5, 5.41) is 0. The average molecular weight is 348 g/mol. The normalized spacial score (nSPS) is 25.3. The highest BCUT2D eigenvalue weighted by atomic mass is 16.2. The van der Waals surface area contributed by atoms with Gasteiger partial charge in [0.25, 0.3) is 0 Å². The van der Waals surface area contributed by atoms with E-state index < -0.39 is 5.41 Å². The van der Waals surface area contributed by atoms with Gasteiger partial charge < -0.3 is 10.6 Å². The molecule has 0 spiro atoms. The predicted octanol–water partition coefficient (Wildman–Crippen LogP) is 3.83. The van der Waals surface area contributed by atoms with Gasteiger partial charge in [-0.1, -0.05) is 54.6 Å². The molecule has 0 radical (unpaired) electrons. The van der Waals surface area contributed by atoms with Crippen molar-refractivity contribution in [2.45, 2.75) is 38.1 Å². The molecule has 0 bridgehead atoms. The molecule has 1 aliphatic heterocycles. The Hall–Kier alpha value is -2.13. The zero-order valence-corrected chi connectivity index (χ0v) is 15.7. The van der Waals surface area contributed by atoms with E-state index in [4.69, 9.17) is 5.73 Å². The van der Waals surface area contributed by atoms with Crippen LogP contribution in [0.2, 0.25) is 0 Å². The molecule has 2 fully saturated rings. The van der Waals surface area contributed by atoms with E-state index in [1.807, 2.05) is 32.0 Å². The molecule has 3 atom stereocenters. The van der Waals surface area contributed by atoms with Crippen molar-refractivity contribution >= 4 is 5.91 Å². The van der Waals surface area contributed by atoms with E-state index in [2.05, 4.69) is 41.3 Å². The largest absolute Gasteiger partial charge is 0.341 e. The van der Waals surface area contributed by atoms with Crippen molar-refractivity contribution in [2.24, 2.45) is 17.6 Å². The van der Waals surface area contributed by atoms with Crippen LogP contribution < -0.4 is 5.73 Å². The number of likely N-dealkylation sites (tertiary alicyclic amines) is 1. The number of hydrogen-bond donors (Lipinski definition) is 1. The Morgan fingerprint density at radius 3 is 2.27 bits per heavy atom. The lowest BCUT2D eigenvalue weighted by Gasteiger charge is -2.30. The highest BCUT2D eigenvalue weighted by Gasteiger charge is 2.45. The highest BCUT2D eigenvalue weighted by Crippen LogP contribution is 2.39. The number of hydrogen-bond acceptors (Lipinski definition) is 2. The van der Waals surface area contributed by atoms with Gasteiger partial charge in [-0.05, 0) is 55.2 Å². The Balaban J connectivity index is 1.52. The number of carbonyl (C=O) groups excluding carboxylic acids is 1. The van der Waals surface area contributed by atoms with E-state index in [0.29, 0.717) is 11.8 Å². The van der Waals surface area contributed by atoms with Crippen LogP contribution in [-0.4, -0.2) is 29.9 Å². The lowest BCUT2D eigenvalue weighted by molar-refractivity contribution is -0.135. The Labute approximate surface area is 156 Å². The zero-order chi connectivity index (χ0) is 18.3. The predicted molar refractivity (Wildman–Crippen MR) is 106 cm³/mol. The molecule has 2 aromatic rings. The second-order valence-electron chi connectivity index (χ2n) is 8.44. The summed E-state index contributed by atoms with van der Waals surface area (Å²) >= 11 is 0. The minimum Gasteiger partial charge on any atom is -0.341 e. The van der Waals surface area contributed by atoms with E-state index in [-0.39, 0.29) is 11.9 Å². The van der Waals surface area contributed by atoms with Crippen LogP contribution in [0.4, 0.5) is 0 Å². The van der Waals surface area contributed by atoms with Crippen LogP contribution >= 0.6 is 0 Å². The van der Waals surface area contributed by atoms with Crippen LogP contribution in [0, 0.1) is 11.8 Å². The molecule has 26 heavy (non-hydrogen) atoms. The van der Waals surface area contributed by atoms with E-state index in [9.17, 15) is 4.79 Å². The fourth-order valence-corrected chi connectivity index (χ4v) is 4.70. The number of amides is 1. The lowest BCUT2D eigenvalue weighted by Crippen LogP contribution is -2.43. The summed E-state index contributed by atoms with van der Waals surface area (Å²) in [6.45, 7) is 5.79. The van der Waals surface area contributed by atoms with Gasteiger partial charge in [0.15, 0.2) is 0 Å². The SMILES string of the molecule is CC(C)(C(=O)N1CC2CCC(N)C2C1)c1ccc(-c2ccccc2)cc1. The monoisotopic (exact) mass is 348 g/mol. The number of carbonyl (C=O) groups is 1. The molecule has 3 nitrogen and oxygen atoms in total. The van der Waals surface area contributed by atoms with Crippen molar-refractivity contribution in [3.05, 3.63) is 60.2 Å². The maximum absolute atomic E-state index is 13.2. The minimum absolute atomic E-state index is 0.228. The topological polar surface area (TPSA) is 46.3 Å². The Morgan fingerprint density at radius 1 is 0.962 bits per heavy atom. The fourth-order valence-electron chi connectivity index (χ4n) is 4.70. The maximum atomic E-state index is 13.2. The molecular weight excluding hydrogens is 320 g/mol. The van der Waals surface area contributed by atoms with Gasteiger partial charge >= 0.3 is 0 Å². The molecule has 3 unspecified atom stereocenters. The van der Waals surface area contributed by atoms with Crippen LogP contribution in [0.3, 0.4) is 0 Å². The van der Waals surface area contributed by atoms with Crippen LogP contribution in [0.25, 0.3) is 11.1 Å². The van der Waals surface area contributed by atoms with Gasteiger partial charge in [-0.25, -0.2) is 0 Å². The van der Waals surface area contributed by atoms with Gasteiger partial charge in [-0.2, -0.15) is 0 Å². The molecule has 2 aliphatic rings. The second kappa shape index (κ2) is 6.55. The Bertz CT molecular complexity index is 782. The summed E-state index contributed by atoms with van der Waals surface area (Å²) in [5.41, 5.74) is 9.17. The summed E-state index contributed by atoms with van der Waals surface area (Å²) in [7, 11) is 0. The lowest BCUT2D eigenvalue weighted by atomic mass is 9.82. The molecule has 4 rings (SSSR count). The van der Waals surface area contributed by atoms with Gasteiger partial charge in [-0.15, -0.1) is 0 Å². The molecule has 1 heterocycles. The molecule has 2 aromatic carbocycles. The zero-order valence-electron chi connectivity index (χ0n) is 15.7. The molecule has 3 heteroatoms. The van der Waals surface area contributed by atoms with Gasteiger partial charge in [0.2, 0.25) is 5.91 Å². The Morgan fingerprint density at radius 2 is 1.62 bits per heavy atom. The smallest absolute Gasteiger partial charge is 0.232 e. The number of benzene rings is 2. The molecular formula is C23H28N2O. The third-order valence-corrected chi connectivity index (χ3v) is 6.45. The third-order valence-electron chi connectivity index (χ3n) is 6.45. The second-order valence-corrected chi connectivity index (χ2v) is 8.44. The first-order valence-electron chi connectivity index (χ1n) is 9.68. The summed E-state index contributed by atoms with van der Waals surface area (Å²) in [4.78, 5) is 15.3. The van der Waals surface area contributed by atoms with Crippen molar-refractivity contribution in [2.75, 3.05) is 13.1 Å². The molecule has 1 saturated carbocycles. The minimum atomic E-state index is -0.516. The van der Waals surface area contributed by atoms with Crippen molar-refractivity contribution in [3.63, 3.8) is 0 Å². The Kier molecular flexibility index (Phi) is 4.36. The fraction of sp³-hybridized carbons (Fsp3) is 0.435. The maximum Gasteiger partial charge on any atom is 0.232 e. The summed E-state index contributed by atoms with van der Waals surface area (Å²) in [6.07, 6.45) is 2.28. The molecule has 0 aromatic heterocycles. The van der Waals surface area contributed by atoms with Gasteiger partial charge in [-0.3, -0.25) is 4.79 Å². The number of nitrogens with two attached hydrogens (primary N) is 1. The van der Waals surface area contributed by atoms with Crippen molar-refractivity contribution in [1.82, 2.24) is 4.90 Å². The quantitative estimate of drug-likeness (QED) is 0.916. The van der Waals surface area contributed by atoms with E-state index in [0.717, 1.165) is 25.1 Å². The van der Waals surface area contributed by atoms with Crippen molar-refractivity contribution in [1.29, 1.82) is 0 Å². The molecule has 1 amide bonds. The van der Waals surface area contributed by atoms with Gasteiger partial charge in [0, 0.05) is 19.1 Å². The number of fused-ring (bicyclic) bond motifs is 1. The first-order chi connectivity index (χ1) is 12.5. The number of rotatable bonds is 3. The first-order valence-corrected chi connectivity index (χ1v) is 9.68. The standard InChI is InChI=1S/C23H28N2O/c1-23(2,22(26)25-14-18-10-13-21(24)20(18)15-25)19-11-8-17(9-12-19)16-6-4-3-5-7-16/h3-9,11-12,18,20-21H,10,13-15,24H2,1-2H3. The molecule has 1 saturated heterocycles. The van der Waals surface area contributed by atoms with Crippen LogP contribution in [-0.2, 0) is 10.2 Å². The summed E-state index contributed by atoms with van der Waals surface area (Å²) in [5.74, 6) is 1.33. The van der Waals surface area contributed by atoms with Gasteiger partial charge in [0.05, 0.1) is 5.41 Å². The third kappa shape index (κ3) is 2.95. The molecule has 2 N–H and O–H groups in total. The van der Waals surface area contributed by atoms with Crippen molar-refractivity contribution < 1.29 is 4.79 Å². The highest BCUT2D eigenvalue weighted by molar-refractivity contribution is 5.88. The van der Waals surface area contributed by atoms with E-state index in [1.54, 1.807) is 0 Å². The van der Waals surface area contributed by atoms with Crippen LogP contribution in [0.15, 0.2) is 54.6 Å². The van der Waals surface area contributed by atoms with E-state index >= 15 is 0 Å². The number of nitrogens with zero attached hydrogens (tertiary/aromatic N) is 1. The van der Waals surface area contributed by atoms with Crippen molar-refractivity contribution in [3.8, 4) is 11.1 Å². The first kappa shape index (κ1) is 17.3. The summed E-state index contributed by atoms with van der Waals surface area (Å²) in [6, 6.07) is 19.0. The van der Waals surface area contributed by atoms with Crippen LogP contribution in [0.1, 0.15) is 32.3 Å². The van der Waals surface area contributed by atoms with E-state index in [1.165, 1.54) is 17.5 Å². The molecule has 1 aliphatic carbocycles.